The molecule has 0 heterocycles. The van der Waals surface area contributed by atoms with E-state index in [4.69, 9.17) is 16.9 Å². The van der Waals surface area contributed by atoms with Crippen molar-refractivity contribution in [3.05, 3.63) is 28.2 Å². The normalized spacial score (nSPS) is 11.9. The molecule has 0 spiro atoms. The van der Waals surface area contributed by atoms with E-state index in [-0.39, 0.29) is 12.6 Å². The van der Waals surface area contributed by atoms with Gasteiger partial charge in [-0.2, -0.15) is 0 Å². The van der Waals surface area contributed by atoms with Crippen molar-refractivity contribution in [1.82, 2.24) is 0 Å². The van der Waals surface area contributed by atoms with Gasteiger partial charge in [0.05, 0.1) is 0 Å². The van der Waals surface area contributed by atoms with Crippen LogP contribution in [-0.2, 0) is 0 Å². The summed E-state index contributed by atoms with van der Waals surface area (Å²) in [6, 6.07) is 5.67. The molecular weight excluding hydrogens is 242 g/mol. The van der Waals surface area contributed by atoms with E-state index in [2.05, 4.69) is 21.9 Å². The van der Waals surface area contributed by atoms with Crippen LogP contribution in [0.2, 0.25) is 0 Å². The van der Waals surface area contributed by atoms with E-state index in [0.717, 1.165) is 15.8 Å². The van der Waals surface area contributed by atoms with E-state index < -0.39 is 0 Å². The standard InChI is InChI=1S/C11H12BrNO/c1-3-6-14-11-7-9(12)4-5-10(11)8(2)13/h1,4-5,7-8H,6,13H2,2H3/t8-/m0/s1. The topological polar surface area (TPSA) is 35.2 Å². The van der Waals surface area contributed by atoms with Crippen molar-refractivity contribution in [3.63, 3.8) is 0 Å². The van der Waals surface area contributed by atoms with Crippen molar-refractivity contribution in [2.75, 3.05) is 6.61 Å². The Labute approximate surface area is 92.6 Å². The summed E-state index contributed by atoms with van der Waals surface area (Å²) in [6.45, 7) is 2.17. The third kappa shape index (κ3) is 2.76. The van der Waals surface area contributed by atoms with E-state index in [9.17, 15) is 0 Å². The highest BCUT2D eigenvalue weighted by molar-refractivity contribution is 9.10. The maximum atomic E-state index is 5.79. The molecule has 0 radical (unpaired) electrons. The highest BCUT2D eigenvalue weighted by atomic mass is 79.9. The van der Waals surface area contributed by atoms with Crippen molar-refractivity contribution in [1.29, 1.82) is 0 Å². The van der Waals surface area contributed by atoms with Gasteiger partial charge < -0.3 is 10.5 Å². The maximum absolute atomic E-state index is 5.79. The van der Waals surface area contributed by atoms with Gasteiger partial charge in [-0.25, -0.2) is 0 Å². The van der Waals surface area contributed by atoms with Crippen LogP contribution in [0.25, 0.3) is 0 Å². The van der Waals surface area contributed by atoms with Crippen molar-refractivity contribution in [2.45, 2.75) is 13.0 Å². The van der Waals surface area contributed by atoms with Crippen LogP contribution in [0.3, 0.4) is 0 Å². The first-order chi connectivity index (χ1) is 6.65. The monoisotopic (exact) mass is 253 g/mol. The van der Waals surface area contributed by atoms with Gasteiger partial charge in [-0.1, -0.05) is 27.9 Å². The first-order valence-corrected chi connectivity index (χ1v) is 5.05. The summed E-state index contributed by atoms with van der Waals surface area (Å²) >= 11 is 3.36. The lowest BCUT2D eigenvalue weighted by Gasteiger charge is -2.12. The average molecular weight is 254 g/mol. The first kappa shape index (κ1) is 11.1. The van der Waals surface area contributed by atoms with Gasteiger partial charge in [0.1, 0.15) is 12.4 Å². The average Bonchev–Trinajstić information content (AvgIpc) is 2.14. The molecular formula is C11H12BrNO. The predicted molar refractivity (Wildman–Crippen MR) is 61.1 cm³/mol. The summed E-state index contributed by atoms with van der Waals surface area (Å²) in [4.78, 5) is 0. The Morgan fingerprint density at radius 2 is 2.36 bits per heavy atom. The van der Waals surface area contributed by atoms with E-state index in [1.54, 1.807) is 0 Å². The molecule has 0 amide bonds. The minimum atomic E-state index is -0.0594. The summed E-state index contributed by atoms with van der Waals surface area (Å²) in [7, 11) is 0. The van der Waals surface area contributed by atoms with Gasteiger partial charge in [-0.15, -0.1) is 6.42 Å². The zero-order valence-electron chi connectivity index (χ0n) is 7.96. The second kappa shape index (κ2) is 5.04. The summed E-state index contributed by atoms with van der Waals surface area (Å²) in [5.74, 6) is 3.17. The van der Waals surface area contributed by atoms with Gasteiger partial charge in [0.15, 0.2) is 0 Å². The molecule has 1 atom stereocenters. The summed E-state index contributed by atoms with van der Waals surface area (Å²) < 4.78 is 6.34. The molecule has 1 aromatic rings. The molecule has 3 heteroatoms. The van der Waals surface area contributed by atoms with Gasteiger partial charge in [0.2, 0.25) is 0 Å². The quantitative estimate of drug-likeness (QED) is 0.841. The van der Waals surface area contributed by atoms with E-state index in [0.29, 0.717) is 0 Å². The smallest absolute Gasteiger partial charge is 0.148 e. The number of nitrogens with two attached hydrogens (primary N) is 1. The summed E-state index contributed by atoms with van der Waals surface area (Å²) in [5, 5.41) is 0. The van der Waals surface area contributed by atoms with Gasteiger partial charge in [0.25, 0.3) is 0 Å². The molecule has 1 aromatic carbocycles. The fraction of sp³-hybridized carbons (Fsp3) is 0.273. The zero-order chi connectivity index (χ0) is 10.6. The number of hydrogen-bond acceptors (Lipinski definition) is 2. The molecule has 2 nitrogen and oxygen atoms in total. The zero-order valence-corrected chi connectivity index (χ0v) is 9.54. The van der Waals surface area contributed by atoms with Crippen molar-refractivity contribution < 1.29 is 4.74 Å². The molecule has 0 aliphatic carbocycles. The van der Waals surface area contributed by atoms with E-state index >= 15 is 0 Å². The Morgan fingerprint density at radius 1 is 1.64 bits per heavy atom. The van der Waals surface area contributed by atoms with Crippen molar-refractivity contribution in [3.8, 4) is 18.1 Å². The van der Waals surface area contributed by atoms with Crippen LogP contribution in [0.5, 0.6) is 5.75 Å². The third-order valence-electron chi connectivity index (χ3n) is 1.78. The number of ether oxygens (including phenoxy) is 1. The molecule has 0 aliphatic rings. The van der Waals surface area contributed by atoms with Crippen LogP contribution in [-0.4, -0.2) is 6.61 Å². The highest BCUT2D eigenvalue weighted by Crippen LogP contribution is 2.27. The maximum Gasteiger partial charge on any atom is 0.148 e. The molecule has 74 valence electrons. The molecule has 1 rings (SSSR count). The molecule has 0 unspecified atom stereocenters. The summed E-state index contributed by atoms with van der Waals surface area (Å²) in [5.41, 5.74) is 6.75. The molecule has 2 N–H and O–H groups in total. The Kier molecular flexibility index (Phi) is 3.99. The molecule has 0 bridgehead atoms. The van der Waals surface area contributed by atoms with Crippen LogP contribution in [0, 0.1) is 12.3 Å². The van der Waals surface area contributed by atoms with Crippen LogP contribution >= 0.6 is 15.9 Å². The van der Waals surface area contributed by atoms with Crippen LogP contribution < -0.4 is 10.5 Å². The van der Waals surface area contributed by atoms with Crippen molar-refractivity contribution in [2.24, 2.45) is 5.73 Å². The van der Waals surface area contributed by atoms with Gasteiger partial charge in [-0.3, -0.25) is 0 Å². The lowest BCUT2D eigenvalue weighted by atomic mass is 10.1. The predicted octanol–water partition coefficient (Wildman–Crippen LogP) is 2.48. The Morgan fingerprint density at radius 3 is 2.93 bits per heavy atom. The van der Waals surface area contributed by atoms with E-state index in [1.807, 2.05) is 25.1 Å². The molecule has 0 aromatic heterocycles. The number of rotatable bonds is 3. The molecule has 0 fully saturated rings. The number of hydrogen-bond donors (Lipinski definition) is 1. The molecule has 0 saturated heterocycles. The molecule has 0 saturated carbocycles. The molecule has 14 heavy (non-hydrogen) atoms. The fourth-order valence-electron chi connectivity index (χ4n) is 1.13. The molecule has 0 aliphatic heterocycles. The minimum absolute atomic E-state index is 0.0594. The number of terminal acetylenes is 1. The van der Waals surface area contributed by atoms with Crippen LogP contribution in [0.4, 0.5) is 0 Å². The van der Waals surface area contributed by atoms with Crippen LogP contribution in [0.1, 0.15) is 18.5 Å². The Hall–Kier alpha value is -0.980. The second-order valence-electron chi connectivity index (χ2n) is 2.96. The highest BCUT2D eigenvalue weighted by Gasteiger charge is 2.07. The number of benzene rings is 1. The fourth-order valence-corrected chi connectivity index (χ4v) is 1.47. The van der Waals surface area contributed by atoms with Crippen LogP contribution in [0.15, 0.2) is 22.7 Å². The van der Waals surface area contributed by atoms with Crippen molar-refractivity contribution >= 4 is 15.9 Å². The van der Waals surface area contributed by atoms with E-state index in [1.165, 1.54) is 0 Å². The Bertz CT molecular complexity index is 355. The minimum Gasteiger partial charge on any atom is -0.481 e. The SMILES string of the molecule is C#CCOc1cc(Br)ccc1[C@H](C)N. The van der Waals surface area contributed by atoms with Gasteiger partial charge in [-0.05, 0) is 19.1 Å². The number of halogens is 1. The third-order valence-corrected chi connectivity index (χ3v) is 2.27. The summed E-state index contributed by atoms with van der Waals surface area (Å²) in [6.07, 6.45) is 5.12. The lowest BCUT2D eigenvalue weighted by molar-refractivity contribution is 0.364. The largest absolute Gasteiger partial charge is 0.481 e. The van der Waals surface area contributed by atoms with Gasteiger partial charge >= 0.3 is 0 Å². The first-order valence-electron chi connectivity index (χ1n) is 4.26. The lowest BCUT2D eigenvalue weighted by Crippen LogP contribution is -2.08. The Balaban J connectivity index is 2.98. The van der Waals surface area contributed by atoms with Gasteiger partial charge in [0, 0.05) is 16.1 Å². The second-order valence-corrected chi connectivity index (χ2v) is 3.88.